The topological polar surface area (TPSA) is 96.0 Å². The van der Waals surface area contributed by atoms with E-state index in [2.05, 4.69) is 18.6 Å². The molecule has 0 N–H and O–H groups in total. The number of esters is 2. The van der Waals surface area contributed by atoms with Crippen LogP contribution in [0, 0.1) is 0 Å². The minimum absolute atomic E-state index is 0.00792. The van der Waals surface area contributed by atoms with Crippen LogP contribution in [-0.2, 0) is 33.4 Å². The highest BCUT2D eigenvalue weighted by Crippen LogP contribution is 2.14. The number of hydrogen-bond donors (Lipinski definition) is 0. The predicted octanol–water partition coefficient (Wildman–Crippen LogP) is 3.75. The van der Waals surface area contributed by atoms with E-state index >= 15 is 0 Å². The lowest BCUT2D eigenvalue weighted by Crippen LogP contribution is -2.35. The Bertz CT molecular complexity index is 502. The molecule has 0 aromatic heterocycles. The Morgan fingerprint density at radius 2 is 1.33 bits per heavy atom. The molecule has 0 heterocycles. The van der Waals surface area contributed by atoms with Crippen molar-refractivity contribution in [1.29, 1.82) is 0 Å². The molecule has 7 nitrogen and oxygen atoms in total. The Kier molecular flexibility index (Phi) is 15.2. The zero-order chi connectivity index (χ0) is 20.5. The van der Waals surface area contributed by atoms with Crippen molar-refractivity contribution in [3.63, 3.8) is 0 Å². The van der Waals surface area contributed by atoms with Gasteiger partial charge in [-0.25, -0.2) is 0 Å². The van der Waals surface area contributed by atoms with Gasteiger partial charge in [-0.2, -0.15) is 8.42 Å². The summed E-state index contributed by atoms with van der Waals surface area (Å²) in [7, 11) is -3.16. The summed E-state index contributed by atoms with van der Waals surface area (Å²) in [6.07, 6.45) is 9.00. The molecule has 0 saturated carbocycles. The van der Waals surface area contributed by atoms with Crippen molar-refractivity contribution < 1.29 is 31.7 Å². The second kappa shape index (κ2) is 15.9. The average Bonchev–Trinajstić information content (AvgIpc) is 2.64. The average molecular weight is 409 g/mol. The van der Waals surface area contributed by atoms with Crippen LogP contribution in [0.15, 0.2) is 0 Å². The third kappa shape index (κ3) is 12.8. The molecule has 0 aliphatic carbocycles. The van der Waals surface area contributed by atoms with Crippen LogP contribution in [0.2, 0.25) is 0 Å². The first-order valence-electron chi connectivity index (χ1n) is 10.0. The van der Waals surface area contributed by atoms with Crippen LogP contribution < -0.4 is 0 Å². The smallest absolute Gasteiger partial charge is 0.327 e. The Morgan fingerprint density at radius 3 is 1.85 bits per heavy atom. The summed E-state index contributed by atoms with van der Waals surface area (Å²) in [6, 6.07) is 0. The first-order valence-corrected chi connectivity index (χ1v) is 11.5. The van der Waals surface area contributed by atoms with Crippen molar-refractivity contribution in [3.05, 3.63) is 0 Å². The molecular weight excluding hydrogens is 372 g/mol. The molecule has 0 amide bonds. The molecule has 27 heavy (non-hydrogen) atoms. The first kappa shape index (κ1) is 25.9. The minimum Gasteiger partial charge on any atom is -0.468 e. The molecular formula is C19H36O7S. The number of rotatable bonds is 17. The van der Waals surface area contributed by atoms with Crippen molar-refractivity contribution in [3.8, 4) is 0 Å². The standard InChI is InChI=1S/C19H36O7S/c1-4-6-8-10-12-14-25-18(20)16-17(19(21)24-3)27(22,23)26-15-13-11-9-7-5-2/h17H,4-16H2,1-3H3. The fourth-order valence-corrected chi connectivity index (χ4v) is 3.69. The summed E-state index contributed by atoms with van der Waals surface area (Å²) in [6.45, 7) is 4.41. The van der Waals surface area contributed by atoms with Gasteiger partial charge in [0.25, 0.3) is 10.1 Å². The van der Waals surface area contributed by atoms with Gasteiger partial charge in [0.1, 0.15) is 0 Å². The number of hydrogen-bond acceptors (Lipinski definition) is 7. The van der Waals surface area contributed by atoms with Crippen LogP contribution in [0.5, 0.6) is 0 Å². The minimum atomic E-state index is -4.24. The molecule has 160 valence electrons. The van der Waals surface area contributed by atoms with E-state index in [1.54, 1.807) is 0 Å². The van der Waals surface area contributed by atoms with Crippen LogP contribution in [0.3, 0.4) is 0 Å². The van der Waals surface area contributed by atoms with Gasteiger partial charge >= 0.3 is 11.9 Å². The van der Waals surface area contributed by atoms with Crippen molar-refractivity contribution >= 4 is 22.1 Å². The van der Waals surface area contributed by atoms with Gasteiger partial charge in [-0.1, -0.05) is 65.2 Å². The van der Waals surface area contributed by atoms with E-state index in [1.165, 1.54) is 0 Å². The maximum absolute atomic E-state index is 12.3. The van der Waals surface area contributed by atoms with Crippen molar-refractivity contribution in [2.24, 2.45) is 0 Å². The fraction of sp³-hybridized carbons (Fsp3) is 0.895. The van der Waals surface area contributed by atoms with Gasteiger partial charge in [-0.15, -0.1) is 0 Å². The van der Waals surface area contributed by atoms with Gasteiger partial charge < -0.3 is 9.47 Å². The van der Waals surface area contributed by atoms with E-state index in [9.17, 15) is 18.0 Å². The summed E-state index contributed by atoms with van der Waals surface area (Å²) in [5, 5.41) is -1.69. The third-order valence-electron chi connectivity index (χ3n) is 4.17. The Morgan fingerprint density at radius 1 is 0.815 bits per heavy atom. The highest BCUT2D eigenvalue weighted by atomic mass is 32.2. The maximum Gasteiger partial charge on any atom is 0.327 e. The molecule has 0 radical (unpaired) electrons. The lowest BCUT2D eigenvalue weighted by molar-refractivity contribution is -0.148. The fourth-order valence-electron chi connectivity index (χ4n) is 2.50. The monoisotopic (exact) mass is 408 g/mol. The van der Waals surface area contributed by atoms with Crippen LogP contribution in [0.1, 0.15) is 84.5 Å². The van der Waals surface area contributed by atoms with Crippen LogP contribution in [-0.4, -0.2) is 45.9 Å². The molecule has 0 saturated heterocycles. The summed E-state index contributed by atoms with van der Waals surface area (Å²) in [5.74, 6) is -1.75. The van der Waals surface area contributed by atoms with Crippen LogP contribution in [0.4, 0.5) is 0 Å². The molecule has 0 aliphatic heterocycles. The summed E-state index contributed by atoms with van der Waals surface area (Å²) < 4.78 is 39.0. The largest absolute Gasteiger partial charge is 0.468 e. The normalized spacial score (nSPS) is 12.6. The zero-order valence-corrected chi connectivity index (χ0v) is 17.9. The van der Waals surface area contributed by atoms with E-state index in [4.69, 9.17) is 8.92 Å². The number of ether oxygens (including phenoxy) is 2. The van der Waals surface area contributed by atoms with Gasteiger partial charge in [0, 0.05) is 0 Å². The maximum atomic E-state index is 12.3. The summed E-state index contributed by atoms with van der Waals surface area (Å²) in [4.78, 5) is 23.7. The second-order valence-corrected chi connectivity index (χ2v) is 8.37. The first-order chi connectivity index (χ1) is 12.9. The molecule has 0 aromatic carbocycles. The van der Waals surface area contributed by atoms with Crippen molar-refractivity contribution in [2.75, 3.05) is 20.3 Å². The van der Waals surface area contributed by atoms with E-state index in [-0.39, 0.29) is 13.2 Å². The zero-order valence-electron chi connectivity index (χ0n) is 17.0. The van der Waals surface area contributed by atoms with E-state index < -0.39 is 33.7 Å². The molecule has 8 heteroatoms. The highest BCUT2D eigenvalue weighted by Gasteiger charge is 2.37. The van der Waals surface area contributed by atoms with Gasteiger partial charge in [0.05, 0.1) is 26.7 Å². The van der Waals surface area contributed by atoms with E-state index in [0.29, 0.717) is 6.42 Å². The Balaban J connectivity index is 4.42. The van der Waals surface area contributed by atoms with Gasteiger partial charge in [0.2, 0.25) is 0 Å². The number of methoxy groups -OCH3 is 1. The number of unbranched alkanes of at least 4 members (excludes halogenated alkanes) is 8. The SMILES string of the molecule is CCCCCCCOC(=O)CC(C(=O)OC)S(=O)(=O)OCCCCCCC. The molecule has 0 spiro atoms. The van der Waals surface area contributed by atoms with Crippen LogP contribution in [0.25, 0.3) is 0 Å². The molecule has 0 rings (SSSR count). The second-order valence-electron chi connectivity index (χ2n) is 6.58. The van der Waals surface area contributed by atoms with Gasteiger partial charge in [-0.3, -0.25) is 13.8 Å². The number of carbonyl (C=O) groups excluding carboxylic acids is 2. The Labute approximate surface area is 164 Å². The molecule has 0 bridgehead atoms. The van der Waals surface area contributed by atoms with Gasteiger partial charge in [0.15, 0.2) is 5.25 Å². The molecule has 0 fully saturated rings. The molecule has 1 atom stereocenters. The van der Waals surface area contributed by atoms with Gasteiger partial charge in [-0.05, 0) is 12.8 Å². The van der Waals surface area contributed by atoms with Crippen molar-refractivity contribution in [1.82, 2.24) is 0 Å². The lowest BCUT2D eigenvalue weighted by atomic mass is 10.2. The molecule has 0 aromatic rings. The summed E-state index contributed by atoms with van der Waals surface area (Å²) in [5.41, 5.74) is 0. The summed E-state index contributed by atoms with van der Waals surface area (Å²) >= 11 is 0. The van der Waals surface area contributed by atoms with E-state index in [1.807, 2.05) is 0 Å². The highest BCUT2D eigenvalue weighted by molar-refractivity contribution is 7.88. The molecule has 1 unspecified atom stereocenters. The quantitative estimate of drug-likeness (QED) is 0.205. The third-order valence-corrected chi connectivity index (χ3v) is 5.72. The number of carbonyl (C=O) groups is 2. The van der Waals surface area contributed by atoms with E-state index in [0.717, 1.165) is 64.9 Å². The molecule has 0 aliphatic rings. The predicted molar refractivity (Wildman–Crippen MR) is 104 cm³/mol. The Hall–Kier alpha value is -1.15. The van der Waals surface area contributed by atoms with Crippen LogP contribution >= 0.6 is 0 Å². The van der Waals surface area contributed by atoms with Crippen molar-refractivity contribution in [2.45, 2.75) is 89.7 Å². The lowest BCUT2D eigenvalue weighted by Gasteiger charge is -2.15.